The van der Waals surface area contributed by atoms with Crippen LogP contribution in [0.4, 0.5) is 0 Å². The van der Waals surface area contributed by atoms with Gasteiger partial charge in [0.1, 0.15) is 0 Å². The maximum atomic E-state index is 12.3. The number of hydrogen-bond donors (Lipinski definition) is 1. The van der Waals surface area contributed by atoms with Gasteiger partial charge in [-0.25, -0.2) is 0 Å². The zero-order valence-electron chi connectivity index (χ0n) is 12.7. The van der Waals surface area contributed by atoms with E-state index in [9.17, 15) is 4.79 Å². The lowest BCUT2D eigenvalue weighted by molar-refractivity contribution is -0.131. The number of carbonyl (C=O) groups is 1. The fourth-order valence-electron chi connectivity index (χ4n) is 3.83. The van der Waals surface area contributed by atoms with E-state index in [1.54, 1.807) is 0 Å². The maximum absolute atomic E-state index is 12.3. The Morgan fingerprint density at radius 1 is 1.21 bits per heavy atom. The van der Waals surface area contributed by atoms with E-state index < -0.39 is 0 Å². The summed E-state index contributed by atoms with van der Waals surface area (Å²) in [5.74, 6) is 1.04. The van der Waals surface area contributed by atoms with Crippen LogP contribution >= 0.6 is 0 Å². The quantitative estimate of drug-likeness (QED) is 0.767. The minimum absolute atomic E-state index is 0.336. The number of unbranched alkanes of at least 4 members (excludes halogenated alkanes) is 1. The molecule has 0 aromatic heterocycles. The highest BCUT2D eigenvalue weighted by atomic mass is 16.2. The van der Waals surface area contributed by atoms with Crippen LogP contribution in [0.2, 0.25) is 0 Å². The molecule has 1 N–H and O–H groups in total. The van der Waals surface area contributed by atoms with Crippen molar-refractivity contribution in [2.45, 2.75) is 83.8 Å². The van der Waals surface area contributed by atoms with Gasteiger partial charge < -0.3 is 4.90 Å². The van der Waals surface area contributed by atoms with Gasteiger partial charge in [-0.1, -0.05) is 46.0 Å². The maximum Gasteiger partial charge on any atom is 0.238 e. The average Bonchev–Trinajstić information content (AvgIpc) is 3.03. The van der Waals surface area contributed by atoms with Crippen LogP contribution in [0.5, 0.6) is 0 Å². The molecule has 1 aliphatic heterocycles. The Morgan fingerprint density at radius 3 is 2.58 bits per heavy atom. The van der Waals surface area contributed by atoms with E-state index in [-0.39, 0.29) is 0 Å². The monoisotopic (exact) mass is 266 g/mol. The van der Waals surface area contributed by atoms with Crippen molar-refractivity contribution in [2.75, 3.05) is 6.54 Å². The summed E-state index contributed by atoms with van der Waals surface area (Å²) >= 11 is 0. The largest absolute Gasteiger partial charge is 0.323 e. The predicted molar refractivity (Wildman–Crippen MR) is 78.8 cm³/mol. The predicted octanol–water partition coefficient (Wildman–Crippen LogP) is 3.29. The molecule has 1 amide bonds. The standard InChI is InChI=1S/C16H30N2O/c1-3-5-11-14(8-4-2)18-15(19)12-17-16(18)13-9-6-7-10-13/h13-14,16-17H,3-12H2,1-2H3. The van der Waals surface area contributed by atoms with E-state index >= 15 is 0 Å². The Morgan fingerprint density at radius 2 is 1.95 bits per heavy atom. The molecule has 0 bridgehead atoms. The molecule has 1 saturated heterocycles. The second kappa shape index (κ2) is 7.28. The molecule has 0 radical (unpaired) electrons. The Kier molecular flexibility index (Phi) is 5.68. The van der Waals surface area contributed by atoms with Crippen molar-refractivity contribution in [1.29, 1.82) is 0 Å². The van der Waals surface area contributed by atoms with Crippen LogP contribution in [0.1, 0.15) is 71.6 Å². The van der Waals surface area contributed by atoms with Crippen LogP contribution in [0.25, 0.3) is 0 Å². The van der Waals surface area contributed by atoms with Gasteiger partial charge in [0, 0.05) is 6.04 Å². The molecule has 0 aromatic carbocycles. The fourth-order valence-corrected chi connectivity index (χ4v) is 3.83. The van der Waals surface area contributed by atoms with Crippen molar-refractivity contribution >= 4 is 5.91 Å². The van der Waals surface area contributed by atoms with E-state index in [2.05, 4.69) is 24.1 Å². The van der Waals surface area contributed by atoms with Gasteiger partial charge in [0.05, 0.1) is 12.7 Å². The van der Waals surface area contributed by atoms with Gasteiger partial charge in [-0.15, -0.1) is 0 Å². The van der Waals surface area contributed by atoms with Crippen LogP contribution in [0, 0.1) is 5.92 Å². The lowest BCUT2D eigenvalue weighted by atomic mass is 9.98. The SMILES string of the molecule is CCCCC(CCC)N1C(=O)CNC1C1CCCC1. The minimum atomic E-state index is 0.336. The summed E-state index contributed by atoms with van der Waals surface area (Å²) in [7, 11) is 0. The summed E-state index contributed by atoms with van der Waals surface area (Å²) in [6.07, 6.45) is 11.6. The second-order valence-corrected chi connectivity index (χ2v) is 6.26. The number of hydrogen-bond acceptors (Lipinski definition) is 2. The van der Waals surface area contributed by atoms with Crippen LogP contribution in [0.3, 0.4) is 0 Å². The first-order chi connectivity index (χ1) is 9.27. The van der Waals surface area contributed by atoms with Gasteiger partial charge in [-0.2, -0.15) is 0 Å². The molecule has 1 heterocycles. The summed E-state index contributed by atoms with van der Waals surface area (Å²) in [6.45, 7) is 5.03. The second-order valence-electron chi connectivity index (χ2n) is 6.26. The molecular weight excluding hydrogens is 236 g/mol. The average molecular weight is 266 g/mol. The Labute approximate surface area is 118 Å². The number of nitrogens with zero attached hydrogens (tertiary/aromatic N) is 1. The summed E-state index contributed by atoms with van der Waals surface area (Å²) in [6, 6.07) is 0.470. The molecule has 2 atom stereocenters. The number of nitrogens with one attached hydrogen (secondary N) is 1. The fraction of sp³-hybridized carbons (Fsp3) is 0.938. The lowest BCUT2D eigenvalue weighted by Crippen LogP contribution is -2.48. The summed E-state index contributed by atoms with van der Waals surface area (Å²) in [4.78, 5) is 14.5. The Balaban J connectivity index is 2.04. The molecule has 3 nitrogen and oxygen atoms in total. The third-order valence-corrected chi connectivity index (χ3v) is 4.80. The highest BCUT2D eigenvalue weighted by molar-refractivity contribution is 5.81. The number of rotatable bonds is 7. The summed E-state index contributed by atoms with van der Waals surface area (Å²) in [5, 5.41) is 3.49. The molecule has 2 unspecified atom stereocenters. The van der Waals surface area contributed by atoms with Crippen molar-refractivity contribution in [1.82, 2.24) is 10.2 Å². The molecule has 2 fully saturated rings. The van der Waals surface area contributed by atoms with E-state index in [0.29, 0.717) is 30.6 Å². The molecule has 110 valence electrons. The van der Waals surface area contributed by atoms with Crippen LogP contribution in [-0.4, -0.2) is 29.6 Å². The third kappa shape index (κ3) is 3.50. The van der Waals surface area contributed by atoms with E-state index in [0.717, 1.165) is 6.42 Å². The third-order valence-electron chi connectivity index (χ3n) is 4.80. The topological polar surface area (TPSA) is 32.3 Å². The minimum Gasteiger partial charge on any atom is -0.323 e. The van der Waals surface area contributed by atoms with Crippen molar-refractivity contribution < 1.29 is 4.79 Å². The van der Waals surface area contributed by atoms with Gasteiger partial charge in [-0.3, -0.25) is 10.1 Å². The van der Waals surface area contributed by atoms with Crippen molar-refractivity contribution in [3.63, 3.8) is 0 Å². The van der Waals surface area contributed by atoms with E-state index in [1.165, 1.54) is 51.4 Å². The van der Waals surface area contributed by atoms with Gasteiger partial charge in [-0.05, 0) is 31.6 Å². The smallest absolute Gasteiger partial charge is 0.238 e. The summed E-state index contributed by atoms with van der Waals surface area (Å²) in [5.41, 5.74) is 0. The first-order valence-electron chi connectivity index (χ1n) is 8.32. The molecule has 3 heteroatoms. The lowest BCUT2D eigenvalue weighted by Gasteiger charge is -2.36. The molecule has 0 aromatic rings. The van der Waals surface area contributed by atoms with E-state index in [4.69, 9.17) is 0 Å². The number of amides is 1. The molecule has 0 spiro atoms. The Bertz CT molecular complexity index is 286. The molecule has 1 saturated carbocycles. The highest BCUT2D eigenvalue weighted by Crippen LogP contribution is 2.33. The first-order valence-corrected chi connectivity index (χ1v) is 8.32. The van der Waals surface area contributed by atoms with Crippen molar-refractivity contribution in [3.05, 3.63) is 0 Å². The molecule has 2 rings (SSSR count). The van der Waals surface area contributed by atoms with Crippen molar-refractivity contribution in [2.24, 2.45) is 5.92 Å². The normalized spacial score (nSPS) is 26.3. The van der Waals surface area contributed by atoms with Crippen molar-refractivity contribution in [3.8, 4) is 0 Å². The zero-order chi connectivity index (χ0) is 13.7. The Hall–Kier alpha value is -0.570. The molecule has 19 heavy (non-hydrogen) atoms. The van der Waals surface area contributed by atoms with Gasteiger partial charge in [0.15, 0.2) is 0 Å². The molecule has 2 aliphatic rings. The van der Waals surface area contributed by atoms with E-state index in [1.807, 2.05) is 0 Å². The van der Waals surface area contributed by atoms with Gasteiger partial charge in [0.25, 0.3) is 0 Å². The van der Waals surface area contributed by atoms with Crippen LogP contribution in [0.15, 0.2) is 0 Å². The zero-order valence-corrected chi connectivity index (χ0v) is 12.7. The molecule has 1 aliphatic carbocycles. The van der Waals surface area contributed by atoms with Gasteiger partial charge in [0.2, 0.25) is 5.91 Å². The van der Waals surface area contributed by atoms with Crippen LogP contribution in [-0.2, 0) is 4.79 Å². The summed E-state index contributed by atoms with van der Waals surface area (Å²) < 4.78 is 0. The number of carbonyl (C=O) groups excluding carboxylic acids is 1. The molecular formula is C16H30N2O. The first kappa shape index (κ1) is 14.8. The van der Waals surface area contributed by atoms with Crippen LogP contribution < -0.4 is 5.32 Å². The van der Waals surface area contributed by atoms with Gasteiger partial charge >= 0.3 is 0 Å². The highest BCUT2D eigenvalue weighted by Gasteiger charge is 2.40.